The molecule has 0 radical (unpaired) electrons. The highest BCUT2D eigenvalue weighted by Gasteiger charge is 2.04. The van der Waals surface area contributed by atoms with Gasteiger partial charge in [-0.05, 0) is 30.2 Å². The van der Waals surface area contributed by atoms with E-state index in [1.807, 2.05) is 36.4 Å². The minimum absolute atomic E-state index is 0.259. The summed E-state index contributed by atoms with van der Waals surface area (Å²) in [5.41, 5.74) is 1.76. The Bertz CT molecular complexity index is 604. The number of carbonyl (C=O) groups is 1. The van der Waals surface area contributed by atoms with Crippen LogP contribution in [0, 0.1) is 0 Å². The second-order valence-electron chi connectivity index (χ2n) is 4.20. The zero-order chi connectivity index (χ0) is 14.4. The van der Waals surface area contributed by atoms with Crippen molar-refractivity contribution >= 4 is 39.2 Å². The van der Waals surface area contributed by atoms with Crippen molar-refractivity contribution in [1.29, 1.82) is 0 Å². The van der Waals surface area contributed by atoms with Crippen LogP contribution in [0.2, 0.25) is 5.02 Å². The number of rotatable bonds is 4. The molecular formula is C15H14BrClN2O. The smallest absolute Gasteiger partial charge is 0.319 e. The molecule has 104 valence electrons. The molecule has 0 heterocycles. The monoisotopic (exact) mass is 352 g/mol. The fraction of sp³-hybridized carbons (Fsp3) is 0.133. The Hall–Kier alpha value is -1.52. The van der Waals surface area contributed by atoms with Crippen LogP contribution in [0.25, 0.3) is 0 Å². The summed E-state index contributed by atoms with van der Waals surface area (Å²) in [6.45, 7) is 0.554. The van der Waals surface area contributed by atoms with Crippen molar-refractivity contribution in [3.63, 3.8) is 0 Å². The van der Waals surface area contributed by atoms with Gasteiger partial charge in [0, 0.05) is 11.0 Å². The number of para-hydroxylation sites is 1. The van der Waals surface area contributed by atoms with Gasteiger partial charge in [-0.1, -0.05) is 57.9 Å². The zero-order valence-corrected chi connectivity index (χ0v) is 13.0. The Morgan fingerprint density at radius 3 is 2.55 bits per heavy atom. The van der Waals surface area contributed by atoms with Crippen LogP contribution in [0.3, 0.4) is 0 Å². The minimum Gasteiger partial charge on any atom is -0.338 e. The summed E-state index contributed by atoms with van der Waals surface area (Å²) < 4.78 is 1.05. The van der Waals surface area contributed by atoms with Gasteiger partial charge >= 0.3 is 6.03 Å². The molecular weight excluding hydrogens is 340 g/mol. The normalized spacial score (nSPS) is 10.1. The third kappa shape index (κ3) is 4.25. The molecule has 0 aromatic heterocycles. The van der Waals surface area contributed by atoms with Crippen molar-refractivity contribution in [2.45, 2.75) is 6.42 Å². The Morgan fingerprint density at radius 2 is 1.80 bits per heavy atom. The molecule has 0 spiro atoms. The Morgan fingerprint density at radius 1 is 1.10 bits per heavy atom. The lowest BCUT2D eigenvalue weighted by molar-refractivity contribution is 0.252. The molecule has 0 bridgehead atoms. The van der Waals surface area contributed by atoms with Gasteiger partial charge in [0.05, 0.1) is 10.7 Å². The number of nitrogens with one attached hydrogen (secondary N) is 2. The summed E-state index contributed by atoms with van der Waals surface area (Å²) in [5.74, 6) is 0. The Labute approximate surface area is 131 Å². The van der Waals surface area contributed by atoms with E-state index in [1.165, 1.54) is 0 Å². The summed E-state index contributed by atoms with van der Waals surface area (Å²) in [6.07, 6.45) is 0.761. The zero-order valence-electron chi connectivity index (χ0n) is 10.7. The standard InChI is InChI=1S/C15H14BrClN2O/c16-12-6-2-1-5-11(12)9-10-18-15(20)19-14-8-4-3-7-13(14)17/h1-8H,9-10H2,(H2,18,19,20). The molecule has 0 saturated carbocycles. The lowest BCUT2D eigenvalue weighted by atomic mass is 10.1. The van der Waals surface area contributed by atoms with Crippen LogP contribution < -0.4 is 10.6 Å². The van der Waals surface area contributed by atoms with E-state index in [4.69, 9.17) is 11.6 Å². The quantitative estimate of drug-likeness (QED) is 0.837. The number of hydrogen-bond acceptors (Lipinski definition) is 1. The van der Waals surface area contributed by atoms with Crippen LogP contribution in [0.15, 0.2) is 53.0 Å². The Kier molecular flexibility index (Phi) is 5.44. The summed E-state index contributed by atoms with van der Waals surface area (Å²) in [7, 11) is 0. The fourth-order valence-electron chi connectivity index (χ4n) is 1.74. The van der Waals surface area contributed by atoms with E-state index in [0.29, 0.717) is 17.3 Å². The van der Waals surface area contributed by atoms with Crippen LogP contribution in [-0.2, 0) is 6.42 Å². The van der Waals surface area contributed by atoms with Gasteiger partial charge in [-0.3, -0.25) is 0 Å². The highest BCUT2D eigenvalue weighted by molar-refractivity contribution is 9.10. The molecule has 0 unspecified atom stereocenters. The summed E-state index contributed by atoms with van der Waals surface area (Å²) in [4.78, 5) is 11.7. The van der Waals surface area contributed by atoms with Crippen molar-refractivity contribution in [2.75, 3.05) is 11.9 Å². The molecule has 0 atom stereocenters. The first kappa shape index (κ1) is 14.9. The van der Waals surface area contributed by atoms with E-state index < -0.39 is 0 Å². The average Bonchev–Trinajstić information content (AvgIpc) is 2.43. The summed E-state index contributed by atoms with van der Waals surface area (Å²) >= 11 is 9.45. The predicted octanol–water partition coefficient (Wildman–Crippen LogP) is 4.47. The number of anilines is 1. The molecule has 0 aliphatic carbocycles. The van der Waals surface area contributed by atoms with Crippen molar-refractivity contribution in [3.05, 3.63) is 63.6 Å². The van der Waals surface area contributed by atoms with Crippen molar-refractivity contribution in [2.24, 2.45) is 0 Å². The third-order valence-corrected chi connectivity index (χ3v) is 3.86. The van der Waals surface area contributed by atoms with E-state index in [2.05, 4.69) is 26.6 Å². The number of urea groups is 1. The van der Waals surface area contributed by atoms with Gasteiger partial charge in [0.15, 0.2) is 0 Å². The maximum atomic E-state index is 11.7. The van der Waals surface area contributed by atoms with E-state index in [1.54, 1.807) is 12.1 Å². The molecule has 0 aliphatic rings. The van der Waals surface area contributed by atoms with Crippen molar-refractivity contribution in [3.8, 4) is 0 Å². The SMILES string of the molecule is O=C(NCCc1ccccc1Br)Nc1ccccc1Cl. The fourth-order valence-corrected chi connectivity index (χ4v) is 2.41. The summed E-state index contributed by atoms with van der Waals surface area (Å²) in [6, 6.07) is 14.8. The Balaban J connectivity index is 1.82. The molecule has 0 aliphatic heterocycles. The second-order valence-corrected chi connectivity index (χ2v) is 5.46. The second kappa shape index (κ2) is 7.31. The first-order valence-electron chi connectivity index (χ1n) is 6.19. The molecule has 2 aromatic carbocycles. The van der Waals surface area contributed by atoms with Crippen LogP contribution in [0.1, 0.15) is 5.56 Å². The van der Waals surface area contributed by atoms with Gasteiger partial charge < -0.3 is 10.6 Å². The molecule has 2 N–H and O–H groups in total. The largest absolute Gasteiger partial charge is 0.338 e. The number of hydrogen-bond donors (Lipinski definition) is 2. The molecule has 2 rings (SSSR count). The maximum absolute atomic E-state index is 11.7. The first-order valence-corrected chi connectivity index (χ1v) is 7.36. The van der Waals surface area contributed by atoms with E-state index >= 15 is 0 Å². The van der Waals surface area contributed by atoms with Gasteiger partial charge in [0.1, 0.15) is 0 Å². The van der Waals surface area contributed by atoms with Crippen molar-refractivity contribution in [1.82, 2.24) is 5.32 Å². The van der Waals surface area contributed by atoms with Gasteiger partial charge in [0.2, 0.25) is 0 Å². The van der Waals surface area contributed by atoms with Gasteiger partial charge in [-0.15, -0.1) is 0 Å². The predicted molar refractivity (Wildman–Crippen MR) is 86.3 cm³/mol. The van der Waals surface area contributed by atoms with Gasteiger partial charge in [-0.2, -0.15) is 0 Å². The lowest BCUT2D eigenvalue weighted by Crippen LogP contribution is -2.30. The number of benzene rings is 2. The first-order chi connectivity index (χ1) is 9.66. The topological polar surface area (TPSA) is 41.1 Å². The van der Waals surface area contributed by atoms with Crippen LogP contribution in [0.4, 0.5) is 10.5 Å². The molecule has 5 heteroatoms. The molecule has 0 fully saturated rings. The molecule has 2 amide bonds. The maximum Gasteiger partial charge on any atom is 0.319 e. The van der Waals surface area contributed by atoms with Crippen LogP contribution in [0.5, 0.6) is 0 Å². The van der Waals surface area contributed by atoms with Gasteiger partial charge in [0.25, 0.3) is 0 Å². The molecule has 2 aromatic rings. The molecule has 20 heavy (non-hydrogen) atoms. The van der Waals surface area contributed by atoms with Gasteiger partial charge in [-0.25, -0.2) is 4.79 Å². The highest BCUT2D eigenvalue weighted by Crippen LogP contribution is 2.20. The van der Waals surface area contributed by atoms with E-state index in [9.17, 15) is 4.79 Å². The highest BCUT2D eigenvalue weighted by atomic mass is 79.9. The number of carbonyl (C=O) groups excluding carboxylic acids is 1. The van der Waals surface area contributed by atoms with E-state index in [-0.39, 0.29) is 6.03 Å². The lowest BCUT2D eigenvalue weighted by Gasteiger charge is -2.09. The van der Waals surface area contributed by atoms with Crippen molar-refractivity contribution < 1.29 is 4.79 Å². The summed E-state index contributed by atoms with van der Waals surface area (Å²) in [5, 5.41) is 6.04. The molecule has 3 nitrogen and oxygen atoms in total. The van der Waals surface area contributed by atoms with Crippen LogP contribution in [-0.4, -0.2) is 12.6 Å². The average molecular weight is 354 g/mol. The number of halogens is 2. The minimum atomic E-state index is -0.259. The molecule has 0 saturated heterocycles. The van der Waals surface area contributed by atoms with Crippen LogP contribution >= 0.6 is 27.5 Å². The number of amides is 2. The van der Waals surface area contributed by atoms with E-state index in [0.717, 1.165) is 16.5 Å². The third-order valence-electron chi connectivity index (χ3n) is 2.76.